The quantitative estimate of drug-likeness (QED) is 0.669. The predicted molar refractivity (Wildman–Crippen MR) is 74.9 cm³/mol. The van der Waals surface area contributed by atoms with Crippen LogP contribution in [0.3, 0.4) is 0 Å². The lowest BCUT2D eigenvalue weighted by Crippen LogP contribution is -1.99. The standard InChI is InChI=1S/C15H13Cl2F/c1-10-13(3-2-4-14(10)16)15(17)9-11-5-7-12(18)8-6-11/h2-8,15H,9H2,1H3. The van der Waals surface area contributed by atoms with E-state index in [-0.39, 0.29) is 11.2 Å². The molecule has 0 spiro atoms. The summed E-state index contributed by atoms with van der Waals surface area (Å²) < 4.78 is 12.8. The van der Waals surface area contributed by atoms with Crippen LogP contribution in [-0.4, -0.2) is 0 Å². The van der Waals surface area contributed by atoms with Crippen LogP contribution < -0.4 is 0 Å². The second kappa shape index (κ2) is 5.73. The van der Waals surface area contributed by atoms with Crippen molar-refractivity contribution < 1.29 is 4.39 Å². The molecule has 3 heteroatoms. The molecule has 0 aliphatic heterocycles. The van der Waals surface area contributed by atoms with E-state index in [2.05, 4.69) is 0 Å². The van der Waals surface area contributed by atoms with Crippen molar-refractivity contribution in [2.24, 2.45) is 0 Å². The molecule has 1 unspecified atom stereocenters. The van der Waals surface area contributed by atoms with Gasteiger partial charge >= 0.3 is 0 Å². The Kier molecular flexibility index (Phi) is 4.26. The van der Waals surface area contributed by atoms with Crippen LogP contribution in [0.25, 0.3) is 0 Å². The normalized spacial score (nSPS) is 12.4. The largest absolute Gasteiger partial charge is 0.207 e. The summed E-state index contributed by atoms with van der Waals surface area (Å²) in [6, 6.07) is 12.1. The van der Waals surface area contributed by atoms with Gasteiger partial charge in [0, 0.05) is 5.02 Å². The Balaban J connectivity index is 2.19. The first-order chi connectivity index (χ1) is 8.58. The van der Waals surface area contributed by atoms with E-state index in [1.165, 1.54) is 12.1 Å². The molecule has 0 aliphatic rings. The maximum Gasteiger partial charge on any atom is 0.123 e. The van der Waals surface area contributed by atoms with E-state index in [0.29, 0.717) is 6.42 Å². The Morgan fingerprint density at radius 2 is 1.78 bits per heavy atom. The smallest absolute Gasteiger partial charge is 0.123 e. The van der Waals surface area contributed by atoms with Crippen LogP contribution in [0.15, 0.2) is 42.5 Å². The fourth-order valence-corrected chi connectivity index (χ4v) is 2.50. The van der Waals surface area contributed by atoms with E-state index in [0.717, 1.165) is 21.7 Å². The molecule has 1 atom stereocenters. The van der Waals surface area contributed by atoms with Crippen LogP contribution >= 0.6 is 23.2 Å². The highest BCUT2D eigenvalue weighted by Gasteiger charge is 2.13. The van der Waals surface area contributed by atoms with Gasteiger partial charge in [-0.2, -0.15) is 0 Å². The van der Waals surface area contributed by atoms with Crippen LogP contribution in [0.1, 0.15) is 22.1 Å². The van der Waals surface area contributed by atoms with Crippen molar-refractivity contribution in [1.29, 1.82) is 0 Å². The molecule has 0 aliphatic carbocycles. The van der Waals surface area contributed by atoms with Gasteiger partial charge in [0.2, 0.25) is 0 Å². The number of halogens is 3. The van der Waals surface area contributed by atoms with Gasteiger partial charge in [-0.1, -0.05) is 35.9 Å². The summed E-state index contributed by atoms with van der Waals surface area (Å²) in [6.07, 6.45) is 0.656. The van der Waals surface area contributed by atoms with E-state index in [1.807, 2.05) is 25.1 Å². The Labute approximate surface area is 116 Å². The zero-order valence-electron chi connectivity index (χ0n) is 9.96. The van der Waals surface area contributed by atoms with E-state index >= 15 is 0 Å². The molecule has 0 amide bonds. The fraction of sp³-hybridized carbons (Fsp3) is 0.200. The summed E-state index contributed by atoms with van der Waals surface area (Å²) in [5, 5.41) is 0.561. The van der Waals surface area contributed by atoms with Crippen LogP contribution in [0.5, 0.6) is 0 Å². The Morgan fingerprint density at radius 1 is 1.11 bits per heavy atom. The number of hydrogen-bond acceptors (Lipinski definition) is 0. The lowest BCUT2D eigenvalue weighted by atomic mass is 10.00. The molecule has 18 heavy (non-hydrogen) atoms. The van der Waals surface area contributed by atoms with Crippen molar-refractivity contribution in [2.45, 2.75) is 18.7 Å². The van der Waals surface area contributed by atoms with Gasteiger partial charge in [-0.25, -0.2) is 4.39 Å². The van der Waals surface area contributed by atoms with Crippen LogP contribution in [0, 0.1) is 12.7 Å². The number of alkyl halides is 1. The first-order valence-electron chi connectivity index (χ1n) is 5.71. The Morgan fingerprint density at radius 3 is 2.44 bits per heavy atom. The van der Waals surface area contributed by atoms with Gasteiger partial charge in [-0.15, -0.1) is 11.6 Å². The predicted octanol–water partition coefficient (Wildman–Crippen LogP) is 5.31. The number of hydrogen-bond donors (Lipinski definition) is 0. The minimum absolute atomic E-state index is 0.158. The van der Waals surface area contributed by atoms with E-state index in [1.54, 1.807) is 12.1 Å². The minimum Gasteiger partial charge on any atom is -0.207 e. The van der Waals surface area contributed by atoms with Crippen molar-refractivity contribution >= 4 is 23.2 Å². The topological polar surface area (TPSA) is 0 Å². The molecular weight excluding hydrogens is 270 g/mol. The summed E-state index contributed by atoms with van der Waals surface area (Å²) in [6.45, 7) is 1.96. The maximum atomic E-state index is 12.8. The Hall–Kier alpha value is -1.05. The maximum absolute atomic E-state index is 12.8. The highest BCUT2D eigenvalue weighted by molar-refractivity contribution is 6.31. The third-order valence-electron chi connectivity index (χ3n) is 2.98. The molecule has 2 aromatic rings. The minimum atomic E-state index is -0.233. The second-order valence-corrected chi connectivity index (χ2v) is 5.19. The summed E-state index contributed by atoms with van der Waals surface area (Å²) in [4.78, 5) is 0. The van der Waals surface area contributed by atoms with Crippen LogP contribution in [0.2, 0.25) is 5.02 Å². The number of rotatable bonds is 3. The van der Waals surface area contributed by atoms with Gasteiger partial charge in [0.1, 0.15) is 5.82 Å². The summed E-state index contributed by atoms with van der Waals surface area (Å²) in [5.74, 6) is -0.233. The SMILES string of the molecule is Cc1c(Cl)cccc1C(Cl)Cc1ccc(F)cc1. The highest BCUT2D eigenvalue weighted by Crippen LogP contribution is 2.30. The van der Waals surface area contributed by atoms with Crippen molar-refractivity contribution in [3.63, 3.8) is 0 Å². The molecule has 0 saturated carbocycles. The van der Waals surface area contributed by atoms with Gasteiger partial charge in [0.15, 0.2) is 0 Å². The summed E-state index contributed by atoms with van der Waals surface area (Å²) in [7, 11) is 0. The average molecular weight is 283 g/mol. The van der Waals surface area contributed by atoms with Crippen molar-refractivity contribution in [3.05, 3.63) is 70.0 Å². The van der Waals surface area contributed by atoms with Gasteiger partial charge in [0.25, 0.3) is 0 Å². The summed E-state index contributed by atoms with van der Waals surface area (Å²) in [5.41, 5.74) is 3.03. The lowest BCUT2D eigenvalue weighted by molar-refractivity contribution is 0.627. The monoisotopic (exact) mass is 282 g/mol. The van der Waals surface area contributed by atoms with Crippen LogP contribution in [0.4, 0.5) is 4.39 Å². The van der Waals surface area contributed by atoms with Gasteiger partial charge in [-0.3, -0.25) is 0 Å². The first-order valence-corrected chi connectivity index (χ1v) is 6.53. The molecule has 0 saturated heterocycles. The van der Waals surface area contributed by atoms with E-state index in [4.69, 9.17) is 23.2 Å². The zero-order valence-corrected chi connectivity index (χ0v) is 11.5. The molecule has 0 fully saturated rings. The van der Waals surface area contributed by atoms with Crippen molar-refractivity contribution in [2.75, 3.05) is 0 Å². The molecule has 0 aromatic heterocycles. The molecule has 0 heterocycles. The third-order valence-corrected chi connectivity index (χ3v) is 3.77. The van der Waals surface area contributed by atoms with Crippen molar-refractivity contribution in [1.82, 2.24) is 0 Å². The zero-order chi connectivity index (χ0) is 13.1. The molecule has 94 valence electrons. The molecule has 0 radical (unpaired) electrons. The van der Waals surface area contributed by atoms with Gasteiger partial charge in [-0.05, 0) is 48.2 Å². The van der Waals surface area contributed by atoms with Crippen molar-refractivity contribution in [3.8, 4) is 0 Å². The molecule has 0 nitrogen and oxygen atoms in total. The first kappa shape index (κ1) is 13.4. The molecule has 2 aromatic carbocycles. The molecule has 0 bridgehead atoms. The van der Waals surface area contributed by atoms with Gasteiger partial charge in [0.05, 0.1) is 5.38 Å². The Bertz CT molecular complexity index is 535. The molecule has 2 rings (SSSR count). The van der Waals surface area contributed by atoms with E-state index < -0.39 is 0 Å². The highest BCUT2D eigenvalue weighted by atomic mass is 35.5. The lowest BCUT2D eigenvalue weighted by Gasteiger charge is -2.13. The van der Waals surface area contributed by atoms with E-state index in [9.17, 15) is 4.39 Å². The third kappa shape index (κ3) is 3.04. The molecule has 0 N–H and O–H groups in total. The summed E-state index contributed by atoms with van der Waals surface area (Å²) >= 11 is 12.5. The van der Waals surface area contributed by atoms with Crippen LogP contribution in [-0.2, 0) is 6.42 Å². The second-order valence-electron chi connectivity index (χ2n) is 4.25. The van der Waals surface area contributed by atoms with Gasteiger partial charge < -0.3 is 0 Å². The average Bonchev–Trinajstić information content (AvgIpc) is 2.35. The fourth-order valence-electron chi connectivity index (χ4n) is 1.90. The number of benzene rings is 2. The molecular formula is C15H13Cl2F.